The number of ether oxygens (including phenoxy) is 2. The molecule has 0 radical (unpaired) electrons. The fourth-order valence-corrected chi connectivity index (χ4v) is 2.03. The molecule has 1 aliphatic rings. The van der Waals surface area contributed by atoms with E-state index < -0.39 is 28.5 Å². The van der Waals surface area contributed by atoms with E-state index in [0.29, 0.717) is 6.42 Å². The molecule has 5 nitrogen and oxygen atoms in total. The lowest BCUT2D eigenvalue weighted by atomic mass is 9.98. The number of carbonyl (C=O) groups is 2. The predicted octanol–water partition coefficient (Wildman–Crippen LogP) is 0.999. The van der Waals surface area contributed by atoms with Crippen LogP contribution in [0.3, 0.4) is 0 Å². The fourth-order valence-electron chi connectivity index (χ4n) is 2.03. The molecule has 0 spiro atoms. The summed E-state index contributed by atoms with van der Waals surface area (Å²) < 4.78 is 9.96. The highest BCUT2D eigenvalue weighted by Crippen LogP contribution is 2.58. The third kappa shape index (κ3) is 2.16. The van der Waals surface area contributed by atoms with Crippen LogP contribution in [-0.2, 0) is 19.1 Å². The van der Waals surface area contributed by atoms with Gasteiger partial charge >= 0.3 is 11.9 Å². The molecule has 1 saturated carbocycles. The Morgan fingerprint density at radius 3 is 2.12 bits per heavy atom. The summed E-state index contributed by atoms with van der Waals surface area (Å²) in [4.78, 5) is 23.9. The second kappa shape index (κ2) is 3.98. The Balaban J connectivity index is 2.97. The summed E-state index contributed by atoms with van der Waals surface area (Å²) in [7, 11) is 1.25. The molecule has 0 aliphatic heterocycles. The van der Waals surface area contributed by atoms with Crippen molar-refractivity contribution >= 4 is 11.9 Å². The molecule has 1 fully saturated rings. The first-order chi connectivity index (χ1) is 7.63. The monoisotopic (exact) mass is 243 g/mol. The van der Waals surface area contributed by atoms with Crippen molar-refractivity contribution in [3.63, 3.8) is 0 Å². The second-order valence-electron chi connectivity index (χ2n) is 5.59. The van der Waals surface area contributed by atoms with Crippen LogP contribution >= 0.6 is 0 Å². The van der Waals surface area contributed by atoms with Gasteiger partial charge in [-0.1, -0.05) is 6.92 Å². The minimum absolute atomic E-state index is 0.290. The smallest absolute Gasteiger partial charge is 0.326 e. The summed E-state index contributed by atoms with van der Waals surface area (Å²) in [5, 5.41) is 0. The highest BCUT2D eigenvalue weighted by Gasteiger charge is 2.76. The summed E-state index contributed by atoms with van der Waals surface area (Å²) in [5.74, 6) is -1.18. The Labute approximate surface area is 102 Å². The average molecular weight is 243 g/mol. The number of carbonyl (C=O) groups excluding carboxylic acids is 2. The van der Waals surface area contributed by atoms with E-state index in [1.54, 1.807) is 20.8 Å². The van der Waals surface area contributed by atoms with Crippen molar-refractivity contribution in [3.8, 4) is 0 Å². The lowest BCUT2D eigenvalue weighted by molar-refractivity contribution is -0.171. The standard InChI is InChI=1S/C12H21NO4/c1-6-11(13)7-12(11,8(14)16-5)9(15)17-10(2,3)4/h6-7,13H2,1-5H3/t11-,12-/m0/s1. The van der Waals surface area contributed by atoms with E-state index in [-0.39, 0.29) is 6.42 Å². The minimum Gasteiger partial charge on any atom is -0.468 e. The van der Waals surface area contributed by atoms with Crippen LogP contribution in [0.25, 0.3) is 0 Å². The number of hydrogen-bond donors (Lipinski definition) is 1. The topological polar surface area (TPSA) is 78.6 Å². The van der Waals surface area contributed by atoms with Crippen molar-refractivity contribution in [1.29, 1.82) is 0 Å². The lowest BCUT2D eigenvalue weighted by Gasteiger charge is -2.25. The molecular formula is C12H21NO4. The van der Waals surface area contributed by atoms with Gasteiger partial charge in [-0.3, -0.25) is 9.59 Å². The first-order valence-electron chi connectivity index (χ1n) is 5.74. The Hall–Kier alpha value is -1.10. The third-order valence-electron chi connectivity index (χ3n) is 3.22. The van der Waals surface area contributed by atoms with E-state index in [9.17, 15) is 9.59 Å². The Morgan fingerprint density at radius 2 is 1.82 bits per heavy atom. The molecule has 0 unspecified atom stereocenters. The molecule has 1 rings (SSSR count). The molecule has 1 aliphatic carbocycles. The molecule has 5 heteroatoms. The first kappa shape index (κ1) is 14.0. The maximum atomic E-state index is 12.1. The van der Waals surface area contributed by atoms with Gasteiger partial charge in [0.15, 0.2) is 5.41 Å². The Kier molecular flexibility index (Phi) is 3.27. The van der Waals surface area contributed by atoms with E-state index in [4.69, 9.17) is 15.2 Å². The van der Waals surface area contributed by atoms with Crippen LogP contribution in [0.1, 0.15) is 40.5 Å². The minimum atomic E-state index is -1.32. The lowest BCUT2D eigenvalue weighted by Crippen LogP contribution is -2.44. The molecule has 2 atom stereocenters. The zero-order valence-corrected chi connectivity index (χ0v) is 11.1. The van der Waals surface area contributed by atoms with Crippen molar-refractivity contribution in [2.75, 3.05) is 7.11 Å². The summed E-state index contributed by atoms with van der Waals surface area (Å²) >= 11 is 0. The molecule has 0 bridgehead atoms. The summed E-state index contributed by atoms with van der Waals surface area (Å²) in [6, 6.07) is 0. The molecule has 0 aromatic carbocycles. The van der Waals surface area contributed by atoms with Crippen LogP contribution in [0.4, 0.5) is 0 Å². The van der Waals surface area contributed by atoms with Crippen LogP contribution in [0, 0.1) is 5.41 Å². The van der Waals surface area contributed by atoms with E-state index in [2.05, 4.69) is 0 Å². The number of methoxy groups -OCH3 is 1. The average Bonchev–Trinajstić information content (AvgIpc) is 2.84. The summed E-state index contributed by atoms with van der Waals surface area (Å²) in [6.07, 6.45) is 0.819. The quantitative estimate of drug-likeness (QED) is 0.591. The van der Waals surface area contributed by atoms with Gasteiger partial charge in [0.05, 0.1) is 7.11 Å². The van der Waals surface area contributed by atoms with Gasteiger partial charge in [0.2, 0.25) is 0 Å². The molecule has 0 amide bonds. The maximum absolute atomic E-state index is 12.1. The number of rotatable bonds is 3. The normalized spacial score (nSPS) is 31.9. The number of nitrogens with two attached hydrogens (primary N) is 1. The zero-order valence-electron chi connectivity index (χ0n) is 11.1. The van der Waals surface area contributed by atoms with Crippen LogP contribution in [-0.4, -0.2) is 30.2 Å². The molecule has 98 valence electrons. The van der Waals surface area contributed by atoms with Gasteiger partial charge in [-0.2, -0.15) is 0 Å². The summed E-state index contributed by atoms with van der Waals surface area (Å²) in [6.45, 7) is 7.10. The SMILES string of the molecule is CC[C@]1(N)C[C@]1(C(=O)OC)C(=O)OC(C)(C)C. The molecule has 0 aromatic rings. The molecule has 0 heterocycles. The molecule has 2 N–H and O–H groups in total. The van der Waals surface area contributed by atoms with Gasteiger partial charge in [0.1, 0.15) is 5.60 Å². The van der Waals surface area contributed by atoms with Gasteiger partial charge in [-0.15, -0.1) is 0 Å². The van der Waals surface area contributed by atoms with Crippen molar-refractivity contribution in [2.45, 2.75) is 51.7 Å². The maximum Gasteiger partial charge on any atom is 0.326 e. The van der Waals surface area contributed by atoms with Gasteiger partial charge in [0, 0.05) is 5.54 Å². The molecule has 17 heavy (non-hydrogen) atoms. The van der Waals surface area contributed by atoms with Crippen molar-refractivity contribution in [1.82, 2.24) is 0 Å². The van der Waals surface area contributed by atoms with E-state index >= 15 is 0 Å². The van der Waals surface area contributed by atoms with Crippen LogP contribution in [0.15, 0.2) is 0 Å². The molecule has 0 saturated heterocycles. The Morgan fingerprint density at radius 1 is 1.29 bits per heavy atom. The third-order valence-corrected chi connectivity index (χ3v) is 3.22. The van der Waals surface area contributed by atoms with Crippen molar-refractivity contribution in [2.24, 2.45) is 11.1 Å². The van der Waals surface area contributed by atoms with Crippen LogP contribution in [0.5, 0.6) is 0 Å². The zero-order chi connectivity index (χ0) is 13.5. The molecule has 0 aromatic heterocycles. The van der Waals surface area contributed by atoms with Gasteiger partial charge in [-0.05, 0) is 33.6 Å². The van der Waals surface area contributed by atoms with Crippen molar-refractivity contribution in [3.05, 3.63) is 0 Å². The highest BCUT2D eigenvalue weighted by molar-refractivity contribution is 6.06. The van der Waals surface area contributed by atoms with Gasteiger partial charge in [0.25, 0.3) is 0 Å². The van der Waals surface area contributed by atoms with Crippen LogP contribution in [0.2, 0.25) is 0 Å². The second-order valence-corrected chi connectivity index (χ2v) is 5.59. The van der Waals surface area contributed by atoms with Gasteiger partial charge < -0.3 is 15.2 Å². The van der Waals surface area contributed by atoms with Crippen LogP contribution < -0.4 is 5.73 Å². The van der Waals surface area contributed by atoms with E-state index in [1.165, 1.54) is 7.11 Å². The number of hydrogen-bond acceptors (Lipinski definition) is 5. The van der Waals surface area contributed by atoms with E-state index in [1.807, 2.05) is 6.92 Å². The first-order valence-corrected chi connectivity index (χ1v) is 5.74. The largest absolute Gasteiger partial charge is 0.468 e. The summed E-state index contributed by atoms with van der Waals surface area (Å²) in [5.41, 5.74) is 3.23. The highest BCUT2D eigenvalue weighted by atomic mass is 16.6. The van der Waals surface area contributed by atoms with Gasteiger partial charge in [-0.25, -0.2) is 0 Å². The Bertz CT molecular complexity index is 347. The number of esters is 2. The fraction of sp³-hybridized carbons (Fsp3) is 0.833. The van der Waals surface area contributed by atoms with E-state index in [0.717, 1.165) is 0 Å². The van der Waals surface area contributed by atoms with Crippen molar-refractivity contribution < 1.29 is 19.1 Å². The molecular weight excluding hydrogens is 222 g/mol. The predicted molar refractivity (Wildman–Crippen MR) is 62.1 cm³/mol.